The molecule has 1 unspecified atom stereocenters. The van der Waals surface area contributed by atoms with E-state index in [0.29, 0.717) is 0 Å². The molecule has 2 rings (SSSR count). The van der Waals surface area contributed by atoms with Crippen molar-refractivity contribution in [2.24, 2.45) is 5.92 Å². The number of benzene rings is 1. The van der Waals surface area contributed by atoms with Gasteiger partial charge in [0.15, 0.2) is 11.5 Å². The molecule has 1 aliphatic rings. The zero-order valence-electron chi connectivity index (χ0n) is 11.2. The van der Waals surface area contributed by atoms with Gasteiger partial charge in [0.1, 0.15) is 0 Å². The standard InChI is InChI=1S/C14H22N2O2/c1-17-13-4-3-12(9-14(13)18-2)16-8-6-11-5-7-15-10-11/h3-4,9,11,15-16H,5-8,10H2,1-2H3. The van der Waals surface area contributed by atoms with E-state index in [1.807, 2.05) is 18.2 Å². The first kappa shape index (κ1) is 13.0. The SMILES string of the molecule is COc1ccc(NCCC2CCNC2)cc1OC. The monoisotopic (exact) mass is 250 g/mol. The Morgan fingerprint density at radius 2 is 2.11 bits per heavy atom. The molecule has 1 aliphatic heterocycles. The van der Waals surface area contributed by atoms with Crippen molar-refractivity contribution in [3.63, 3.8) is 0 Å². The van der Waals surface area contributed by atoms with E-state index in [2.05, 4.69) is 10.6 Å². The van der Waals surface area contributed by atoms with Crippen molar-refractivity contribution in [2.75, 3.05) is 39.2 Å². The van der Waals surface area contributed by atoms with Crippen LogP contribution in [-0.4, -0.2) is 33.9 Å². The second-order valence-electron chi connectivity index (χ2n) is 4.64. The smallest absolute Gasteiger partial charge is 0.162 e. The Balaban J connectivity index is 1.84. The Bertz CT molecular complexity index is 376. The van der Waals surface area contributed by atoms with Gasteiger partial charge in [0.25, 0.3) is 0 Å². The molecular weight excluding hydrogens is 228 g/mol. The Morgan fingerprint density at radius 3 is 2.78 bits per heavy atom. The van der Waals surface area contributed by atoms with Gasteiger partial charge in [-0.3, -0.25) is 0 Å². The average Bonchev–Trinajstić information content (AvgIpc) is 2.91. The molecule has 100 valence electrons. The van der Waals surface area contributed by atoms with Crippen molar-refractivity contribution in [1.82, 2.24) is 5.32 Å². The summed E-state index contributed by atoms with van der Waals surface area (Å²) in [6.45, 7) is 3.33. The van der Waals surface area contributed by atoms with E-state index in [4.69, 9.17) is 9.47 Å². The normalized spacial score (nSPS) is 18.7. The molecule has 1 aromatic rings. The van der Waals surface area contributed by atoms with Crippen LogP contribution < -0.4 is 20.1 Å². The van der Waals surface area contributed by atoms with Gasteiger partial charge in [-0.05, 0) is 44.0 Å². The minimum atomic E-state index is 0.767. The summed E-state index contributed by atoms with van der Waals surface area (Å²) in [6, 6.07) is 5.93. The van der Waals surface area contributed by atoms with Gasteiger partial charge in [-0.2, -0.15) is 0 Å². The third-order valence-electron chi connectivity index (χ3n) is 3.43. The Labute approximate surface area is 109 Å². The molecule has 0 aromatic heterocycles. The molecule has 1 saturated heterocycles. The van der Waals surface area contributed by atoms with Gasteiger partial charge in [0.2, 0.25) is 0 Å². The molecule has 1 atom stereocenters. The number of hydrogen-bond acceptors (Lipinski definition) is 4. The fourth-order valence-electron chi connectivity index (χ4n) is 2.33. The molecule has 0 aliphatic carbocycles. The van der Waals surface area contributed by atoms with Crippen molar-refractivity contribution in [1.29, 1.82) is 0 Å². The molecular formula is C14H22N2O2. The molecule has 2 N–H and O–H groups in total. The molecule has 18 heavy (non-hydrogen) atoms. The predicted octanol–water partition coefficient (Wildman–Crippen LogP) is 2.12. The maximum Gasteiger partial charge on any atom is 0.162 e. The van der Waals surface area contributed by atoms with Crippen LogP contribution in [0.5, 0.6) is 11.5 Å². The second-order valence-corrected chi connectivity index (χ2v) is 4.64. The molecule has 1 aromatic carbocycles. The van der Waals surface area contributed by atoms with Crippen LogP contribution in [0.3, 0.4) is 0 Å². The van der Waals surface area contributed by atoms with Crippen molar-refractivity contribution in [3.8, 4) is 11.5 Å². The number of ether oxygens (including phenoxy) is 2. The molecule has 1 fully saturated rings. The zero-order valence-corrected chi connectivity index (χ0v) is 11.2. The van der Waals surface area contributed by atoms with Crippen LogP contribution in [0.4, 0.5) is 5.69 Å². The molecule has 0 spiro atoms. The summed E-state index contributed by atoms with van der Waals surface area (Å²) < 4.78 is 10.5. The highest BCUT2D eigenvalue weighted by Crippen LogP contribution is 2.29. The van der Waals surface area contributed by atoms with E-state index in [1.54, 1.807) is 14.2 Å². The van der Waals surface area contributed by atoms with Crippen LogP contribution in [-0.2, 0) is 0 Å². The predicted molar refractivity (Wildman–Crippen MR) is 73.6 cm³/mol. The maximum atomic E-state index is 5.28. The third-order valence-corrected chi connectivity index (χ3v) is 3.43. The van der Waals surface area contributed by atoms with E-state index in [1.165, 1.54) is 19.4 Å². The Kier molecular flexibility index (Phi) is 4.70. The minimum absolute atomic E-state index is 0.767. The van der Waals surface area contributed by atoms with Crippen molar-refractivity contribution >= 4 is 5.69 Å². The summed E-state index contributed by atoms with van der Waals surface area (Å²) >= 11 is 0. The lowest BCUT2D eigenvalue weighted by Crippen LogP contribution is -2.12. The van der Waals surface area contributed by atoms with Crippen molar-refractivity contribution in [2.45, 2.75) is 12.8 Å². The lowest BCUT2D eigenvalue weighted by Gasteiger charge is -2.13. The van der Waals surface area contributed by atoms with Gasteiger partial charge in [-0.25, -0.2) is 0 Å². The molecule has 0 amide bonds. The van der Waals surface area contributed by atoms with Crippen LogP contribution in [0.2, 0.25) is 0 Å². The van der Waals surface area contributed by atoms with Crippen LogP contribution in [0, 0.1) is 5.92 Å². The lowest BCUT2D eigenvalue weighted by atomic mass is 10.1. The second kappa shape index (κ2) is 6.50. The molecule has 0 radical (unpaired) electrons. The quantitative estimate of drug-likeness (QED) is 0.811. The average molecular weight is 250 g/mol. The molecule has 4 nitrogen and oxygen atoms in total. The number of anilines is 1. The van der Waals surface area contributed by atoms with E-state index < -0.39 is 0 Å². The first-order chi connectivity index (χ1) is 8.83. The minimum Gasteiger partial charge on any atom is -0.493 e. The fourth-order valence-corrected chi connectivity index (χ4v) is 2.33. The third kappa shape index (κ3) is 3.29. The van der Waals surface area contributed by atoms with E-state index in [9.17, 15) is 0 Å². The summed E-state index contributed by atoms with van der Waals surface area (Å²) in [6.07, 6.45) is 2.51. The Morgan fingerprint density at radius 1 is 1.28 bits per heavy atom. The van der Waals surface area contributed by atoms with Crippen LogP contribution in [0.25, 0.3) is 0 Å². The number of rotatable bonds is 6. The van der Waals surface area contributed by atoms with Gasteiger partial charge in [-0.1, -0.05) is 0 Å². The zero-order chi connectivity index (χ0) is 12.8. The summed E-state index contributed by atoms with van der Waals surface area (Å²) in [5.74, 6) is 2.35. The molecule has 0 saturated carbocycles. The highest BCUT2D eigenvalue weighted by Gasteiger charge is 2.13. The summed E-state index contributed by atoms with van der Waals surface area (Å²) in [7, 11) is 3.31. The van der Waals surface area contributed by atoms with Gasteiger partial charge in [0, 0.05) is 18.3 Å². The van der Waals surface area contributed by atoms with Crippen molar-refractivity contribution in [3.05, 3.63) is 18.2 Å². The summed E-state index contributed by atoms with van der Waals surface area (Å²) in [5, 5.41) is 6.82. The highest BCUT2D eigenvalue weighted by molar-refractivity contribution is 5.54. The van der Waals surface area contributed by atoms with Crippen LogP contribution in [0.15, 0.2) is 18.2 Å². The maximum absolute atomic E-state index is 5.28. The topological polar surface area (TPSA) is 42.5 Å². The lowest BCUT2D eigenvalue weighted by molar-refractivity contribution is 0.355. The van der Waals surface area contributed by atoms with Crippen LogP contribution in [0.1, 0.15) is 12.8 Å². The Hall–Kier alpha value is -1.42. The van der Waals surface area contributed by atoms with Gasteiger partial charge >= 0.3 is 0 Å². The van der Waals surface area contributed by atoms with Crippen molar-refractivity contribution < 1.29 is 9.47 Å². The number of methoxy groups -OCH3 is 2. The van der Waals surface area contributed by atoms with E-state index in [0.717, 1.165) is 36.2 Å². The number of hydrogen-bond donors (Lipinski definition) is 2. The first-order valence-corrected chi connectivity index (χ1v) is 6.50. The highest BCUT2D eigenvalue weighted by atomic mass is 16.5. The molecule has 4 heteroatoms. The van der Waals surface area contributed by atoms with Gasteiger partial charge < -0.3 is 20.1 Å². The van der Waals surface area contributed by atoms with E-state index in [-0.39, 0.29) is 0 Å². The summed E-state index contributed by atoms with van der Waals surface area (Å²) in [4.78, 5) is 0. The van der Waals surface area contributed by atoms with Gasteiger partial charge in [-0.15, -0.1) is 0 Å². The molecule has 0 bridgehead atoms. The number of nitrogens with one attached hydrogen (secondary N) is 2. The van der Waals surface area contributed by atoms with Crippen LogP contribution >= 0.6 is 0 Å². The largest absolute Gasteiger partial charge is 0.493 e. The summed E-state index contributed by atoms with van der Waals surface area (Å²) in [5.41, 5.74) is 1.08. The molecule has 1 heterocycles. The fraction of sp³-hybridized carbons (Fsp3) is 0.571. The first-order valence-electron chi connectivity index (χ1n) is 6.50. The van der Waals surface area contributed by atoms with Gasteiger partial charge in [0.05, 0.1) is 14.2 Å². The van der Waals surface area contributed by atoms with E-state index >= 15 is 0 Å².